The van der Waals surface area contributed by atoms with Gasteiger partial charge < -0.3 is 5.32 Å². The number of carbonyl (C=O) groups excluding carboxylic acids is 1. The number of benzene rings is 1. The van der Waals surface area contributed by atoms with Crippen molar-refractivity contribution < 1.29 is 9.72 Å². The number of amides is 1. The first kappa shape index (κ1) is 14.0. The maximum atomic E-state index is 11.0. The van der Waals surface area contributed by atoms with Crippen LogP contribution in [0.2, 0.25) is 0 Å². The quantitative estimate of drug-likeness (QED) is 0.690. The molecule has 0 radical (unpaired) electrons. The molecule has 0 aliphatic heterocycles. The lowest BCUT2D eigenvalue weighted by Gasteiger charge is -2.06. The van der Waals surface area contributed by atoms with E-state index in [2.05, 4.69) is 10.3 Å². The minimum Gasteiger partial charge on any atom is -0.321 e. The molecule has 1 amide bonds. The number of anilines is 1. The fraction of sp³-hybridized carbons (Fsp3) is 0.0769. The monoisotopic (exact) mass is 289 g/mol. The Morgan fingerprint density at radius 2 is 1.95 bits per heavy atom. The van der Waals surface area contributed by atoms with Gasteiger partial charge in [0.05, 0.1) is 4.92 Å². The zero-order chi connectivity index (χ0) is 14.5. The predicted molar refractivity (Wildman–Crippen MR) is 75.8 cm³/mol. The van der Waals surface area contributed by atoms with E-state index >= 15 is 0 Å². The molecule has 1 aromatic carbocycles. The Morgan fingerprint density at radius 1 is 1.25 bits per heavy atom. The first-order valence-corrected chi connectivity index (χ1v) is 6.52. The molecule has 7 heteroatoms. The molecule has 0 saturated carbocycles. The van der Waals surface area contributed by atoms with Crippen LogP contribution in [0.4, 0.5) is 11.4 Å². The zero-order valence-electron chi connectivity index (χ0n) is 10.6. The van der Waals surface area contributed by atoms with Gasteiger partial charge in [-0.1, -0.05) is 11.8 Å². The Bertz CT molecular complexity index is 647. The Kier molecular flexibility index (Phi) is 4.31. The molecular formula is C13H11N3O3S. The van der Waals surface area contributed by atoms with E-state index in [1.165, 1.54) is 30.8 Å². The van der Waals surface area contributed by atoms with Gasteiger partial charge in [-0.25, -0.2) is 0 Å². The summed E-state index contributed by atoms with van der Waals surface area (Å²) in [5, 5.41) is 13.5. The lowest BCUT2D eigenvalue weighted by atomic mass is 10.2. The molecule has 0 spiro atoms. The van der Waals surface area contributed by atoms with Gasteiger partial charge in [-0.15, -0.1) is 0 Å². The van der Waals surface area contributed by atoms with Crippen molar-refractivity contribution >= 4 is 29.0 Å². The van der Waals surface area contributed by atoms with Crippen LogP contribution in [-0.4, -0.2) is 15.8 Å². The summed E-state index contributed by atoms with van der Waals surface area (Å²) >= 11 is 1.39. The van der Waals surface area contributed by atoms with Gasteiger partial charge in [-0.05, 0) is 24.3 Å². The number of nitrogens with zero attached hydrogens (tertiary/aromatic N) is 2. The molecule has 1 N–H and O–H groups in total. The van der Waals surface area contributed by atoms with E-state index in [-0.39, 0.29) is 17.3 Å². The molecule has 0 aliphatic carbocycles. The third-order valence-corrected chi connectivity index (χ3v) is 3.36. The normalized spacial score (nSPS) is 10.1. The highest BCUT2D eigenvalue weighted by Gasteiger charge is 2.15. The largest absolute Gasteiger partial charge is 0.321 e. The Labute approximate surface area is 119 Å². The molecular weight excluding hydrogens is 278 g/mol. The Balaban J connectivity index is 2.30. The molecule has 6 nitrogen and oxygen atoms in total. The summed E-state index contributed by atoms with van der Waals surface area (Å²) in [5.74, 6) is -0.345. The summed E-state index contributed by atoms with van der Waals surface area (Å²) in [6.07, 6.45) is 3.31. The first-order valence-electron chi connectivity index (χ1n) is 5.70. The number of rotatable bonds is 4. The Hall–Kier alpha value is -2.41. The molecule has 0 bridgehead atoms. The second-order valence-electron chi connectivity index (χ2n) is 3.90. The minimum absolute atomic E-state index is 0.126. The second kappa shape index (κ2) is 6.16. The van der Waals surface area contributed by atoms with Crippen LogP contribution in [-0.2, 0) is 4.79 Å². The molecule has 1 heterocycles. The van der Waals surface area contributed by atoms with Crippen molar-refractivity contribution in [3.05, 3.63) is 52.8 Å². The van der Waals surface area contributed by atoms with Gasteiger partial charge in [0.1, 0.15) is 5.69 Å². The summed E-state index contributed by atoms with van der Waals surface area (Å²) in [6, 6.07) is 8.33. The van der Waals surface area contributed by atoms with E-state index in [1.807, 2.05) is 12.1 Å². The van der Waals surface area contributed by atoms with Crippen molar-refractivity contribution in [1.82, 2.24) is 4.98 Å². The van der Waals surface area contributed by atoms with E-state index in [0.29, 0.717) is 0 Å². The van der Waals surface area contributed by atoms with Crippen molar-refractivity contribution in [3.8, 4) is 0 Å². The fourth-order valence-electron chi connectivity index (χ4n) is 1.56. The van der Waals surface area contributed by atoms with E-state index in [0.717, 1.165) is 9.79 Å². The lowest BCUT2D eigenvalue weighted by molar-refractivity contribution is -0.384. The van der Waals surface area contributed by atoms with Gasteiger partial charge in [0, 0.05) is 35.2 Å². The molecule has 0 fully saturated rings. The van der Waals surface area contributed by atoms with Gasteiger partial charge in [0.2, 0.25) is 5.91 Å². The summed E-state index contributed by atoms with van der Waals surface area (Å²) in [5.41, 5.74) is 0.0702. The van der Waals surface area contributed by atoms with E-state index in [4.69, 9.17) is 0 Å². The molecule has 0 atom stereocenters. The molecule has 102 valence electrons. The zero-order valence-corrected chi connectivity index (χ0v) is 11.4. The number of nitro groups is 1. The summed E-state index contributed by atoms with van der Waals surface area (Å²) in [4.78, 5) is 27.1. The smallest absolute Gasteiger partial charge is 0.293 e. The number of hydrogen-bond acceptors (Lipinski definition) is 5. The molecule has 1 aromatic heterocycles. The van der Waals surface area contributed by atoms with Crippen LogP contribution in [0.15, 0.2) is 52.5 Å². The van der Waals surface area contributed by atoms with Crippen LogP contribution in [0.1, 0.15) is 6.92 Å². The SMILES string of the molecule is CC(=O)Nc1ccc(Sc2ccncc2)cc1[N+](=O)[O-]. The van der Waals surface area contributed by atoms with E-state index in [1.54, 1.807) is 18.5 Å². The number of carbonyl (C=O) groups is 1. The van der Waals surface area contributed by atoms with Gasteiger partial charge in [-0.2, -0.15) is 0 Å². The summed E-state index contributed by atoms with van der Waals surface area (Å²) < 4.78 is 0. The molecule has 2 aromatic rings. The van der Waals surface area contributed by atoms with Gasteiger partial charge in [-0.3, -0.25) is 19.9 Å². The van der Waals surface area contributed by atoms with Gasteiger partial charge in [0.15, 0.2) is 0 Å². The number of nitrogens with one attached hydrogen (secondary N) is 1. The molecule has 20 heavy (non-hydrogen) atoms. The average Bonchev–Trinajstić information content (AvgIpc) is 2.41. The van der Waals surface area contributed by atoms with Crippen molar-refractivity contribution in [2.75, 3.05) is 5.32 Å². The van der Waals surface area contributed by atoms with Crippen LogP contribution in [0.25, 0.3) is 0 Å². The van der Waals surface area contributed by atoms with Crippen LogP contribution < -0.4 is 5.32 Å². The number of aromatic nitrogens is 1. The lowest BCUT2D eigenvalue weighted by Crippen LogP contribution is -2.07. The third kappa shape index (κ3) is 3.55. The van der Waals surface area contributed by atoms with Crippen molar-refractivity contribution in [2.45, 2.75) is 16.7 Å². The number of pyridine rings is 1. The predicted octanol–water partition coefficient (Wildman–Crippen LogP) is 3.10. The van der Waals surface area contributed by atoms with E-state index in [9.17, 15) is 14.9 Å². The Morgan fingerprint density at radius 3 is 2.55 bits per heavy atom. The summed E-state index contributed by atoms with van der Waals surface area (Å²) in [7, 11) is 0. The first-order chi connectivity index (χ1) is 9.56. The van der Waals surface area contributed by atoms with Gasteiger partial charge >= 0.3 is 0 Å². The highest BCUT2D eigenvalue weighted by Crippen LogP contribution is 2.33. The maximum absolute atomic E-state index is 11.0. The van der Waals surface area contributed by atoms with Crippen molar-refractivity contribution in [3.63, 3.8) is 0 Å². The van der Waals surface area contributed by atoms with E-state index < -0.39 is 4.92 Å². The molecule has 0 unspecified atom stereocenters. The highest BCUT2D eigenvalue weighted by molar-refractivity contribution is 7.99. The number of nitro benzene ring substituents is 1. The standard InChI is InChI=1S/C13H11N3O3S/c1-9(17)15-12-3-2-11(8-13(12)16(18)19)20-10-4-6-14-7-5-10/h2-8H,1H3,(H,15,17). The molecule has 2 rings (SSSR count). The molecule has 0 saturated heterocycles. The second-order valence-corrected chi connectivity index (χ2v) is 5.05. The molecule has 0 aliphatic rings. The van der Waals surface area contributed by atoms with Crippen LogP contribution in [0.3, 0.4) is 0 Å². The van der Waals surface area contributed by atoms with Crippen molar-refractivity contribution in [2.24, 2.45) is 0 Å². The van der Waals surface area contributed by atoms with Crippen LogP contribution in [0.5, 0.6) is 0 Å². The average molecular weight is 289 g/mol. The van der Waals surface area contributed by atoms with Crippen LogP contribution in [0, 0.1) is 10.1 Å². The fourth-order valence-corrected chi connectivity index (χ4v) is 2.40. The topological polar surface area (TPSA) is 85.1 Å². The van der Waals surface area contributed by atoms with Crippen molar-refractivity contribution in [1.29, 1.82) is 0 Å². The summed E-state index contributed by atoms with van der Waals surface area (Å²) in [6.45, 7) is 1.31. The van der Waals surface area contributed by atoms with Gasteiger partial charge in [0.25, 0.3) is 5.69 Å². The minimum atomic E-state index is -0.512. The number of hydrogen-bond donors (Lipinski definition) is 1. The van der Waals surface area contributed by atoms with Crippen LogP contribution >= 0.6 is 11.8 Å². The third-order valence-electron chi connectivity index (χ3n) is 2.36. The maximum Gasteiger partial charge on any atom is 0.293 e. The highest BCUT2D eigenvalue weighted by atomic mass is 32.2.